The van der Waals surface area contributed by atoms with Crippen molar-refractivity contribution in [3.05, 3.63) is 71.6 Å². The van der Waals surface area contributed by atoms with E-state index in [2.05, 4.69) is 55.5 Å². The Morgan fingerprint density at radius 2 is 2.00 bits per heavy atom. The highest BCUT2D eigenvalue weighted by Gasteiger charge is 2.06. The van der Waals surface area contributed by atoms with Crippen molar-refractivity contribution in [1.82, 2.24) is 5.32 Å². The summed E-state index contributed by atoms with van der Waals surface area (Å²) in [7, 11) is 1.85. The third kappa shape index (κ3) is 4.45. The molecule has 1 rings (SSSR count). The van der Waals surface area contributed by atoms with E-state index in [9.17, 15) is 0 Å². The molecule has 0 spiro atoms. The van der Waals surface area contributed by atoms with Crippen LogP contribution in [0.5, 0.6) is 0 Å². The largest absolute Gasteiger partial charge is 0.387 e. The van der Waals surface area contributed by atoms with Crippen LogP contribution in [-0.4, -0.2) is 12.8 Å². The number of likely N-dealkylation sites (N-methyl/N-ethyl adjacent to an activating group) is 1. The second kappa shape index (κ2) is 8.25. The summed E-state index contributed by atoms with van der Waals surface area (Å²) in [6, 6.07) is 6.46. The second-order valence-corrected chi connectivity index (χ2v) is 4.94. The van der Waals surface area contributed by atoms with E-state index in [0.717, 1.165) is 29.9 Å². The Balaban J connectivity index is 3.08. The van der Waals surface area contributed by atoms with E-state index in [1.54, 1.807) is 0 Å². The number of hydrogen-bond donors (Lipinski definition) is 1. The van der Waals surface area contributed by atoms with Gasteiger partial charge in [0.2, 0.25) is 0 Å². The van der Waals surface area contributed by atoms with E-state index >= 15 is 0 Å². The third-order valence-electron chi connectivity index (χ3n) is 3.69. The second-order valence-electron chi connectivity index (χ2n) is 4.94. The predicted octanol–water partition coefficient (Wildman–Crippen LogP) is 4.36. The van der Waals surface area contributed by atoms with Crippen LogP contribution in [0.25, 0.3) is 0 Å². The van der Waals surface area contributed by atoms with E-state index in [1.807, 2.05) is 26.1 Å². The van der Waals surface area contributed by atoms with E-state index in [0.29, 0.717) is 0 Å². The predicted molar refractivity (Wildman–Crippen MR) is 93.8 cm³/mol. The van der Waals surface area contributed by atoms with Crippen LogP contribution in [0, 0.1) is 6.92 Å². The fourth-order valence-electron chi connectivity index (χ4n) is 2.25. The molecule has 0 bridgehead atoms. The molecule has 0 aliphatic rings. The lowest BCUT2D eigenvalue weighted by atomic mass is 9.97. The Hall–Kier alpha value is -2.09. The van der Waals surface area contributed by atoms with Crippen molar-refractivity contribution in [2.45, 2.75) is 33.6 Å². The smallest absolute Gasteiger partial charge is 0.0815 e. The standard InChI is InChI=1S/C19H26N2/c1-7-16-11-10-12-17(14(16)4)13-18(8-2)21-19(9-3)15(5)20-6/h8-12,20H,2,5,7,13H2,1,3-4,6H3/b19-9-,21-18?. The first-order valence-corrected chi connectivity index (χ1v) is 7.38. The van der Waals surface area contributed by atoms with Gasteiger partial charge in [0, 0.05) is 19.2 Å². The van der Waals surface area contributed by atoms with Gasteiger partial charge in [-0.2, -0.15) is 0 Å². The molecule has 0 aromatic heterocycles. The normalized spacial score (nSPS) is 12.2. The van der Waals surface area contributed by atoms with Gasteiger partial charge in [-0.15, -0.1) is 0 Å². The number of nitrogens with zero attached hydrogens (tertiary/aromatic N) is 1. The monoisotopic (exact) mass is 282 g/mol. The molecule has 0 amide bonds. The van der Waals surface area contributed by atoms with Crippen molar-refractivity contribution in [3.63, 3.8) is 0 Å². The highest BCUT2D eigenvalue weighted by atomic mass is 14.9. The Bertz CT molecular complexity index is 577. The molecule has 21 heavy (non-hydrogen) atoms. The summed E-state index contributed by atoms with van der Waals surface area (Å²) in [6.07, 6.45) is 5.62. The first-order chi connectivity index (χ1) is 10.1. The van der Waals surface area contributed by atoms with Gasteiger partial charge in [0.25, 0.3) is 0 Å². The lowest BCUT2D eigenvalue weighted by molar-refractivity contribution is 0.992. The van der Waals surface area contributed by atoms with Crippen molar-refractivity contribution < 1.29 is 0 Å². The van der Waals surface area contributed by atoms with Gasteiger partial charge in [-0.25, -0.2) is 0 Å². The van der Waals surface area contributed by atoms with Crippen molar-refractivity contribution in [1.29, 1.82) is 0 Å². The minimum absolute atomic E-state index is 0.789. The van der Waals surface area contributed by atoms with Crippen LogP contribution in [0.1, 0.15) is 30.5 Å². The van der Waals surface area contributed by atoms with Gasteiger partial charge in [-0.05, 0) is 43.0 Å². The summed E-state index contributed by atoms with van der Waals surface area (Å²) in [5, 5.41) is 3.03. The summed E-state index contributed by atoms with van der Waals surface area (Å²) in [4.78, 5) is 4.67. The Kier molecular flexibility index (Phi) is 6.67. The summed E-state index contributed by atoms with van der Waals surface area (Å²) in [5.41, 5.74) is 6.67. The lowest BCUT2D eigenvalue weighted by Crippen LogP contribution is -2.09. The van der Waals surface area contributed by atoms with Gasteiger partial charge in [0.1, 0.15) is 0 Å². The van der Waals surface area contributed by atoms with E-state index in [-0.39, 0.29) is 0 Å². The SMILES string of the molecule is C=CC(Cc1cccc(CC)c1C)=N/C(=C\C)C(=C)NC. The molecule has 0 saturated heterocycles. The molecule has 2 nitrogen and oxygen atoms in total. The zero-order valence-corrected chi connectivity index (χ0v) is 13.7. The summed E-state index contributed by atoms with van der Waals surface area (Å²) >= 11 is 0. The maximum absolute atomic E-state index is 4.67. The number of allylic oxidation sites excluding steroid dienone is 2. The van der Waals surface area contributed by atoms with E-state index in [1.165, 1.54) is 16.7 Å². The van der Waals surface area contributed by atoms with Crippen LogP contribution in [0.15, 0.2) is 59.9 Å². The van der Waals surface area contributed by atoms with Crippen LogP contribution >= 0.6 is 0 Å². The Morgan fingerprint density at radius 3 is 2.52 bits per heavy atom. The minimum atomic E-state index is 0.789. The molecule has 0 saturated carbocycles. The van der Waals surface area contributed by atoms with Crippen molar-refractivity contribution >= 4 is 5.71 Å². The fourth-order valence-corrected chi connectivity index (χ4v) is 2.25. The summed E-state index contributed by atoms with van der Waals surface area (Å²) < 4.78 is 0. The van der Waals surface area contributed by atoms with Gasteiger partial charge in [-0.1, -0.05) is 44.4 Å². The van der Waals surface area contributed by atoms with Crippen molar-refractivity contribution in [3.8, 4) is 0 Å². The molecule has 0 fully saturated rings. The molecular weight excluding hydrogens is 256 g/mol. The summed E-state index contributed by atoms with van der Waals surface area (Å²) in [5.74, 6) is 0. The number of benzene rings is 1. The third-order valence-corrected chi connectivity index (χ3v) is 3.69. The molecular formula is C19H26N2. The van der Waals surface area contributed by atoms with Crippen molar-refractivity contribution in [2.24, 2.45) is 4.99 Å². The topological polar surface area (TPSA) is 24.4 Å². The molecule has 0 heterocycles. The van der Waals surface area contributed by atoms with Crippen LogP contribution < -0.4 is 5.32 Å². The number of nitrogens with one attached hydrogen (secondary N) is 1. The fraction of sp³-hybridized carbons (Fsp3) is 0.316. The Morgan fingerprint density at radius 1 is 1.33 bits per heavy atom. The summed E-state index contributed by atoms with van der Waals surface area (Å²) in [6.45, 7) is 14.2. The van der Waals surface area contributed by atoms with Gasteiger partial charge in [-0.3, -0.25) is 4.99 Å². The first-order valence-electron chi connectivity index (χ1n) is 7.38. The average molecular weight is 282 g/mol. The molecule has 0 atom stereocenters. The zero-order chi connectivity index (χ0) is 15.8. The molecule has 0 aliphatic carbocycles. The van der Waals surface area contributed by atoms with Gasteiger partial charge >= 0.3 is 0 Å². The maximum Gasteiger partial charge on any atom is 0.0815 e. The number of rotatable bonds is 7. The molecule has 1 aromatic carbocycles. The molecule has 112 valence electrons. The molecule has 1 N–H and O–H groups in total. The molecule has 2 heteroatoms. The first kappa shape index (κ1) is 17.0. The van der Waals surface area contributed by atoms with Crippen LogP contribution in [-0.2, 0) is 12.8 Å². The maximum atomic E-state index is 4.67. The highest BCUT2D eigenvalue weighted by molar-refractivity contribution is 5.97. The molecule has 0 radical (unpaired) electrons. The van der Waals surface area contributed by atoms with Gasteiger partial charge in [0.15, 0.2) is 0 Å². The van der Waals surface area contributed by atoms with Gasteiger partial charge in [0.05, 0.1) is 11.4 Å². The molecule has 0 aliphatic heterocycles. The van der Waals surface area contributed by atoms with Crippen molar-refractivity contribution in [2.75, 3.05) is 7.05 Å². The van der Waals surface area contributed by atoms with Crippen LogP contribution in [0.4, 0.5) is 0 Å². The minimum Gasteiger partial charge on any atom is -0.387 e. The number of aliphatic imine (C=N–C) groups is 1. The zero-order valence-electron chi connectivity index (χ0n) is 13.7. The van der Waals surface area contributed by atoms with Crippen LogP contribution in [0.3, 0.4) is 0 Å². The lowest BCUT2D eigenvalue weighted by Gasteiger charge is -2.11. The van der Waals surface area contributed by atoms with E-state index in [4.69, 9.17) is 0 Å². The molecule has 0 unspecified atom stereocenters. The van der Waals surface area contributed by atoms with Crippen LogP contribution in [0.2, 0.25) is 0 Å². The highest BCUT2D eigenvalue weighted by Crippen LogP contribution is 2.17. The average Bonchev–Trinajstić information content (AvgIpc) is 2.52. The molecule has 1 aromatic rings. The quantitative estimate of drug-likeness (QED) is 0.583. The Labute approximate surface area is 129 Å². The number of hydrogen-bond acceptors (Lipinski definition) is 2. The van der Waals surface area contributed by atoms with E-state index < -0.39 is 0 Å². The number of aryl methyl sites for hydroxylation is 1. The van der Waals surface area contributed by atoms with Gasteiger partial charge < -0.3 is 5.32 Å².